The maximum Gasteiger partial charge on any atom is 0.259 e. The van der Waals surface area contributed by atoms with E-state index in [0.29, 0.717) is 16.6 Å². The lowest BCUT2D eigenvalue weighted by Gasteiger charge is -2.22. The Morgan fingerprint density at radius 3 is 2.55 bits per heavy atom. The summed E-state index contributed by atoms with van der Waals surface area (Å²) in [6.07, 6.45) is 0. The molecule has 0 aliphatic carbocycles. The third-order valence-corrected chi connectivity index (χ3v) is 3.60. The number of amides is 1. The number of hydrogen-bond donors (Lipinski definition) is 1. The summed E-state index contributed by atoms with van der Waals surface area (Å²) in [4.78, 5) is 14.2. The van der Waals surface area contributed by atoms with Crippen LogP contribution in [0.4, 0.5) is 15.8 Å². The number of hydrogen-bond acceptors (Lipinski definition) is 2. The molecule has 0 atom stereocenters. The zero-order valence-electron chi connectivity index (χ0n) is 10.9. The number of benzene rings is 2. The zero-order valence-corrected chi connectivity index (χ0v) is 12.5. The van der Waals surface area contributed by atoms with Crippen molar-refractivity contribution in [3.63, 3.8) is 0 Å². The van der Waals surface area contributed by atoms with Crippen LogP contribution in [-0.4, -0.2) is 12.5 Å². The van der Waals surface area contributed by atoms with Gasteiger partial charge in [-0.05, 0) is 47.1 Å². The van der Waals surface area contributed by atoms with Crippen molar-refractivity contribution in [3.8, 4) is 0 Å². The molecule has 0 heterocycles. The smallest absolute Gasteiger partial charge is 0.259 e. The monoisotopic (exact) mass is 336 g/mol. The van der Waals surface area contributed by atoms with Gasteiger partial charge in [0.05, 0.1) is 11.3 Å². The van der Waals surface area contributed by atoms with Gasteiger partial charge in [0, 0.05) is 16.7 Å². The molecular formula is C15H14BrFN2O. The van der Waals surface area contributed by atoms with E-state index in [2.05, 4.69) is 15.9 Å². The Balaban J connectivity index is 2.42. The van der Waals surface area contributed by atoms with Crippen LogP contribution < -0.4 is 10.6 Å². The highest BCUT2D eigenvalue weighted by Crippen LogP contribution is 2.26. The molecule has 0 aromatic heterocycles. The number of para-hydroxylation sites is 1. The highest BCUT2D eigenvalue weighted by molar-refractivity contribution is 9.10. The predicted molar refractivity (Wildman–Crippen MR) is 82.3 cm³/mol. The van der Waals surface area contributed by atoms with E-state index in [-0.39, 0.29) is 11.6 Å². The summed E-state index contributed by atoms with van der Waals surface area (Å²) in [7, 11) is 0. The Hall–Kier alpha value is -1.88. The van der Waals surface area contributed by atoms with Crippen LogP contribution in [-0.2, 0) is 0 Å². The minimum atomic E-state index is -0.545. The summed E-state index contributed by atoms with van der Waals surface area (Å²) in [5, 5.41) is 0. The quantitative estimate of drug-likeness (QED) is 0.865. The molecule has 0 bridgehead atoms. The highest BCUT2D eigenvalue weighted by Gasteiger charge is 2.20. The van der Waals surface area contributed by atoms with Gasteiger partial charge in [0.25, 0.3) is 5.91 Å². The van der Waals surface area contributed by atoms with Crippen molar-refractivity contribution in [2.45, 2.75) is 6.92 Å². The van der Waals surface area contributed by atoms with Crippen LogP contribution in [0.3, 0.4) is 0 Å². The van der Waals surface area contributed by atoms with E-state index in [9.17, 15) is 9.18 Å². The largest absolute Gasteiger partial charge is 0.396 e. The van der Waals surface area contributed by atoms with E-state index in [0.717, 1.165) is 5.69 Å². The van der Waals surface area contributed by atoms with E-state index < -0.39 is 5.82 Å². The average Bonchev–Trinajstić information content (AvgIpc) is 2.44. The van der Waals surface area contributed by atoms with E-state index in [1.54, 1.807) is 4.90 Å². The van der Waals surface area contributed by atoms with Gasteiger partial charge in [0.1, 0.15) is 5.82 Å². The van der Waals surface area contributed by atoms with E-state index in [4.69, 9.17) is 5.73 Å². The van der Waals surface area contributed by atoms with Crippen LogP contribution in [0, 0.1) is 5.82 Å². The maximum absolute atomic E-state index is 13.3. The molecule has 0 spiro atoms. The number of nitrogen functional groups attached to an aromatic ring is 1. The fourth-order valence-corrected chi connectivity index (χ4v) is 2.41. The van der Waals surface area contributed by atoms with Crippen molar-refractivity contribution in [1.29, 1.82) is 0 Å². The molecule has 2 aromatic rings. The molecule has 20 heavy (non-hydrogen) atoms. The lowest BCUT2D eigenvalue weighted by Crippen LogP contribution is -2.31. The van der Waals surface area contributed by atoms with Crippen molar-refractivity contribution in [1.82, 2.24) is 0 Å². The van der Waals surface area contributed by atoms with Crippen molar-refractivity contribution < 1.29 is 9.18 Å². The Bertz CT molecular complexity index is 631. The molecule has 0 fully saturated rings. The summed E-state index contributed by atoms with van der Waals surface area (Å²) in [5.41, 5.74) is 6.63. The van der Waals surface area contributed by atoms with Crippen LogP contribution in [0.2, 0.25) is 0 Å². The Kier molecular flexibility index (Phi) is 4.39. The molecule has 3 nitrogen and oxygen atoms in total. The number of nitrogens with zero attached hydrogens (tertiary/aromatic N) is 1. The molecule has 0 aliphatic rings. The molecule has 0 radical (unpaired) electrons. The minimum Gasteiger partial charge on any atom is -0.396 e. The second kappa shape index (κ2) is 6.05. The number of carbonyl (C=O) groups excluding carboxylic acids is 1. The van der Waals surface area contributed by atoms with Crippen LogP contribution in [0.25, 0.3) is 0 Å². The molecule has 2 aromatic carbocycles. The van der Waals surface area contributed by atoms with Gasteiger partial charge >= 0.3 is 0 Å². The van der Waals surface area contributed by atoms with Gasteiger partial charge in [-0.25, -0.2) is 4.39 Å². The summed E-state index contributed by atoms with van der Waals surface area (Å²) >= 11 is 3.21. The fourth-order valence-electron chi connectivity index (χ4n) is 1.93. The highest BCUT2D eigenvalue weighted by atomic mass is 79.9. The van der Waals surface area contributed by atoms with Crippen molar-refractivity contribution in [3.05, 3.63) is 58.3 Å². The van der Waals surface area contributed by atoms with Gasteiger partial charge in [0.2, 0.25) is 0 Å². The lowest BCUT2D eigenvalue weighted by molar-refractivity contribution is 0.0987. The van der Waals surface area contributed by atoms with Crippen LogP contribution in [0.5, 0.6) is 0 Å². The lowest BCUT2D eigenvalue weighted by atomic mass is 10.1. The van der Waals surface area contributed by atoms with Crippen molar-refractivity contribution in [2.75, 3.05) is 17.2 Å². The molecule has 0 saturated heterocycles. The summed E-state index contributed by atoms with van der Waals surface area (Å²) in [5.74, 6) is -0.770. The number of anilines is 2. The summed E-state index contributed by atoms with van der Waals surface area (Å²) in [6.45, 7) is 2.39. The average molecular weight is 337 g/mol. The first-order valence-corrected chi connectivity index (χ1v) is 6.95. The normalized spacial score (nSPS) is 10.3. The van der Waals surface area contributed by atoms with Crippen LogP contribution in [0.1, 0.15) is 17.3 Å². The molecule has 5 heteroatoms. The Labute approximate surface area is 125 Å². The number of rotatable bonds is 3. The summed E-state index contributed by atoms with van der Waals surface area (Å²) in [6, 6.07) is 11.9. The van der Waals surface area contributed by atoms with Gasteiger partial charge < -0.3 is 10.6 Å². The Morgan fingerprint density at radius 1 is 1.30 bits per heavy atom. The minimum absolute atomic E-state index is 0.0411. The predicted octanol–water partition coefficient (Wildman–Crippen LogP) is 3.84. The molecule has 0 aliphatic heterocycles. The number of carbonyl (C=O) groups is 1. The molecule has 0 unspecified atom stereocenters. The van der Waals surface area contributed by atoms with Gasteiger partial charge in [-0.1, -0.05) is 18.2 Å². The molecular weight excluding hydrogens is 323 g/mol. The molecule has 104 valence electrons. The van der Waals surface area contributed by atoms with E-state index in [1.807, 2.05) is 37.3 Å². The standard InChI is InChI=1S/C15H14BrFN2O/c1-2-19(10-6-4-3-5-7-10)15(20)11-8-14(18)13(17)9-12(11)16/h3-9H,2,18H2,1H3. The number of nitrogens with two attached hydrogens (primary N) is 1. The maximum atomic E-state index is 13.3. The second-order valence-corrected chi connectivity index (χ2v) is 5.09. The number of halogens is 2. The first-order valence-electron chi connectivity index (χ1n) is 6.16. The molecule has 2 rings (SSSR count). The van der Waals surface area contributed by atoms with Crippen molar-refractivity contribution >= 4 is 33.2 Å². The molecule has 2 N–H and O–H groups in total. The molecule has 1 amide bonds. The third kappa shape index (κ3) is 2.82. The van der Waals surface area contributed by atoms with Gasteiger partial charge in [0.15, 0.2) is 0 Å². The Morgan fingerprint density at radius 2 is 1.95 bits per heavy atom. The topological polar surface area (TPSA) is 46.3 Å². The van der Waals surface area contributed by atoms with E-state index in [1.165, 1.54) is 12.1 Å². The third-order valence-electron chi connectivity index (χ3n) is 2.95. The van der Waals surface area contributed by atoms with Crippen molar-refractivity contribution in [2.24, 2.45) is 0 Å². The van der Waals surface area contributed by atoms with Crippen LogP contribution in [0.15, 0.2) is 46.9 Å². The summed E-state index contributed by atoms with van der Waals surface area (Å²) < 4.78 is 13.7. The molecule has 0 saturated carbocycles. The van der Waals surface area contributed by atoms with Gasteiger partial charge in [-0.3, -0.25) is 4.79 Å². The van der Waals surface area contributed by atoms with Gasteiger partial charge in [-0.15, -0.1) is 0 Å². The zero-order chi connectivity index (χ0) is 14.7. The first-order chi connectivity index (χ1) is 9.54. The van der Waals surface area contributed by atoms with Gasteiger partial charge in [-0.2, -0.15) is 0 Å². The SMILES string of the molecule is CCN(C(=O)c1cc(N)c(F)cc1Br)c1ccccc1. The van der Waals surface area contributed by atoms with Crippen LogP contribution >= 0.6 is 15.9 Å². The fraction of sp³-hybridized carbons (Fsp3) is 0.133. The first kappa shape index (κ1) is 14.5. The second-order valence-electron chi connectivity index (χ2n) is 4.24. The van der Waals surface area contributed by atoms with E-state index >= 15 is 0 Å².